The summed E-state index contributed by atoms with van der Waals surface area (Å²) in [6, 6.07) is 3.62. The molecule has 12 heteroatoms. The van der Waals surface area contributed by atoms with Crippen LogP contribution in [0.2, 0.25) is 0 Å². The van der Waals surface area contributed by atoms with Crippen molar-refractivity contribution in [2.45, 2.75) is 13.3 Å². The summed E-state index contributed by atoms with van der Waals surface area (Å²) >= 11 is 0. The first-order valence-corrected chi connectivity index (χ1v) is 10.8. The van der Waals surface area contributed by atoms with Crippen molar-refractivity contribution in [2.24, 2.45) is 0 Å². The molecule has 0 aliphatic carbocycles. The van der Waals surface area contributed by atoms with E-state index in [9.17, 15) is 4.79 Å². The molecule has 4 rings (SSSR count). The molecule has 1 aliphatic rings. The number of morpholine rings is 1. The minimum absolute atomic E-state index is 0.00283. The number of aromatic amines is 1. The van der Waals surface area contributed by atoms with E-state index in [1.165, 1.54) is 6.33 Å². The predicted molar refractivity (Wildman–Crippen MR) is 119 cm³/mol. The molecule has 0 saturated carbocycles. The number of benzene rings is 1. The number of fused-ring (bicyclic) bond motifs is 1. The van der Waals surface area contributed by atoms with Crippen molar-refractivity contribution in [3.8, 4) is 11.5 Å². The van der Waals surface area contributed by atoms with Gasteiger partial charge >= 0.3 is 5.97 Å². The zero-order chi connectivity index (χ0) is 23.0. The maximum absolute atomic E-state index is 11.8. The summed E-state index contributed by atoms with van der Waals surface area (Å²) in [5, 5.41) is 10.2. The van der Waals surface area contributed by atoms with Crippen LogP contribution in [0, 0.1) is 0 Å². The highest BCUT2D eigenvalue weighted by molar-refractivity contribution is 5.92. The van der Waals surface area contributed by atoms with Crippen molar-refractivity contribution in [3.05, 3.63) is 24.3 Å². The fourth-order valence-electron chi connectivity index (χ4n) is 3.45. The number of methoxy groups -OCH3 is 1. The third-order valence-electron chi connectivity index (χ3n) is 5.09. The molecule has 1 saturated heterocycles. The van der Waals surface area contributed by atoms with Crippen LogP contribution in [0.25, 0.3) is 10.9 Å². The Labute approximate surface area is 190 Å². The topological polar surface area (TPSA) is 137 Å². The standard InChI is InChI=1S/C21H27N7O5/c1-3-32-20(29)19-25-21(27-26-19)24-18-14-11-16(30-2)17(12-15(14)22-13-23-18)33-8-4-5-28-6-9-31-10-7-28/h11-13H,3-10H2,1-2H3,(H2,22,23,24,25,26,27). The van der Waals surface area contributed by atoms with E-state index in [2.05, 4.69) is 35.4 Å². The number of carbonyl (C=O) groups excluding carboxylic acids is 1. The van der Waals surface area contributed by atoms with Crippen molar-refractivity contribution in [3.63, 3.8) is 0 Å². The number of hydrogen-bond acceptors (Lipinski definition) is 11. The average molecular weight is 457 g/mol. The molecule has 0 spiro atoms. The predicted octanol–water partition coefficient (Wildman–Crippen LogP) is 1.78. The number of hydrogen-bond donors (Lipinski definition) is 2. The van der Waals surface area contributed by atoms with Crippen LogP contribution in [0.3, 0.4) is 0 Å². The lowest BCUT2D eigenvalue weighted by molar-refractivity contribution is 0.0357. The lowest BCUT2D eigenvalue weighted by Gasteiger charge is -2.26. The number of nitrogens with one attached hydrogen (secondary N) is 2. The Bertz CT molecular complexity index is 1080. The molecular weight excluding hydrogens is 430 g/mol. The Morgan fingerprint density at radius 2 is 2.09 bits per heavy atom. The maximum atomic E-state index is 11.8. The number of ether oxygens (including phenoxy) is 4. The molecule has 0 unspecified atom stereocenters. The first-order valence-electron chi connectivity index (χ1n) is 10.8. The molecule has 3 aromatic rings. The molecule has 0 amide bonds. The monoisotopic (exact) mass is 457 g/mol. The number of rotatable bonds is 10. The Kier molecular flexibility index (Phi) is 7.47. The van der Waals surface area contributed by atoms with Crippen LogP contribution in [0.1, 0.15) is 24.0 Å². The van der Waals surface area contributed by atoms with Crippen molar-refractivity contribution in [1.82, 2.24) is 30.0 Å². The highest BCUT2D eigenvalue weighted by atomic mass is 16.5. The van der Waals surface area contributed by atoms with E-state index >= 15 is 0 Å². The van der Waals surface area contributed by atoms with Crippen LogP contribution in [-0.2, 0) is 9.47 Å². The third kappa shape index (κ3) is 5.65. The second kappa shape index (κ2) is 10.9. The first kappa shape index (κ1) is 22.7. The average Bonchev–Trinajstić information content (AvgIpc) is 3.31. The van der Waals surface area contributed by atoms with Crippen molar-refractivity contribution >= 4 is 28.6 Å². The summed E-state index contributed by atoms with van der Waals surface area (Å²) in [4.78, 5) is 26.9. The Hall–Kier alpha value is -3.51. The van der Waals surface area contributed by atoms with Gasteiger partial charge in [-0.15, -0.1) is 5.10 Å². The van der Waals surface area contributed by atoms with E-state index in [4.69, 9.17) is 18.9 Å². The molecule has 1 fully saturated rings. The normalized spacial score (nSPS) is 14.2. The van der Waals surface area contributed by atoms with Gasteiger partial charge < -0.3 is 24.3 Å². The molecule has 0 atom stereocenters. The van der Waals surface area contributed by atoms with Gasteiger partial charge in [-0.3, -0.25) is 10.00 Å². The lowest BCUT2D eigenvalue weighted by atomic mass is 10.2. The van der Waals surface area contributed by atoms with Crippen LogP contribution < -0.4 is 14.8 Å². The highest BCUT2D eigenvalue weighted by Crippen LogP contribution is 2.34. The van der Waals surface area contributed by atoms with Crippen LogP contribution >= 0.6 is 0 Å². The Balaban J connectivity index is 1.45. The second-order valence-corrected chi connectivity index (χ2v) is 7.25. The lowest BCUT2D eigenvalue weighted by Crippen LogP contribution is -2.37. The summed E-state index contributed by atoms with van der Waals surface area (Å²) < 4.78 is 21.8. The quantitative estimate of drug-likeness (QED) is 0.340. The zero-order valence-corrected chi connectivity index (χ0v) is 18.7. The molecule has 12 nitrogen and oxygen atoms in total. The van der Waals surface area contributed by atoms with Gasteiger partial charge in [-0.2, -0.15) is 4.98 Å². The van der Waals surface area contributed by atoms with Crippen molar-refractivity contribution < 1.29 is 23.7 Å². The van der Waals surface area contributed by atoms with Gasteiger partial charge in [0.1, 0.15) is 12.1 Å². The molecule has 2 N–H and O–H groups in total. The Morgan fingerprint density at radius 1 is 1.24 bits per heavy atom. The molecule has 3 heterocycles. The fourth-order valence-corrected chi connectivity index (χ4v) is 3.45. The van der Waals surface area contributed by atoms with Crippen molar-refractivity contribution in [2.75, 3.05) is 58.5 Å². The number of nitrogens with zero attached hydrogens (tertiary/aromatic N) is 5. The molecule has 2 aromatic heterocycles. The number of esters is 1. The molecule has 0 radical (unpaired) electrons. The van der Waals surface area contributed by atoms with Gasteiger partial charge in [0, 0.05) is 31.1 Å². The molecular formula is C21H27N7O5. The maximum Gasteiger partial charge on any atom is 0.375 e. The van der Waals surface area contributed by atoms with Gasteiger partial charge in [-0.1, -0.05) is 0 Å². The summed E-state index contributed by atoms with van der Waals surface area (Å²) in [6.45, 7) is 6.96. The van der Waals surface area contributed by atoms with Crippen LogP contribution in [0.5, 0.6) is 11.5 Å². The van der Waals surface area contributed by atoms with Gasteiger partial charge in [0.2, 0.25) is 11.8 Å². The van der Waals surface area contributed by atoms with Crippen LogP contribution in [0.15, 0.2) is 18.5 Å². The Morgan fingerprint density at radius 3 is 2.88 bits per heavy atom. The summed E-state index contributed by atoms with van der Waals surface area (Å²) in [5.74, 6) is 1.24. The van der Waals surface area contributed by atoms with E-state index in [-0.39, 0.29) is 18.4 Å². The van der Waals surface area contributed by atoms with Gasteiger partial charge in [-0.05, 0) is 19.4 Å². The van der Waals surface area contributed by atoms with E-state index in [0.717, 1.165) is 39.3 Å². The van der Waals surface area contributed by atoms with E-state index in [0.29, 0.717) is 34.8 Å². The number of anilines is 2. The van der Waals surface area contributed by atoms with Gasteiger partial charge in [0.05, 0.1) is 39.1 Å². The van der Waals surface area contributed by atoms with Gasteiger partial charge in [0.15, 0.2) is 11.5 Å². The second-order valence-electron chi connectivity index (χ2n) is 7.25. The van der Waals surface area contributed by atoms with Gasteiger partial charge in [0.25, 0.3) is 0 Å². The number of carbonyl (C=O) groups is 1. The molecule has 0 bridgehead atoms. The molecule has 176 valence electrons. The molecule has 1 aliphatic heterocycles. The highest BCUT2D eigenvalue weighted by Gasteiger charge is 2.16. The summed E-state index contributed by atoms with van der Waals surface area (Å²) in [7, 11) is 1.58. The molecule has 33 heavy (non-hydrogen) atoms. The van der Waals surface area contributed by atoms with Gasteiger partial charge in [-0.25, -0.2) is 14.8 Å². The van der Waals surface area contributed by atoms with E-state index < -0.39 is 5.97 Å². The van der Waals surface area contributed by atoms with Crippen LogP contribution in [0.4, 0.5) is 11.8 Å². The zero-order valence-electron chi connectivity index (χ0n) is 18.7. The van der Waals surface area contributed by atoms with Crippen LogP contribution in [-0.4, -0.2) is 89.2 Å². The smallest absolute Gasteiger partial charge is 0.375 e. The summed E-state index contributed by atoms with van der Waals surface area (Å²) in [5.41, 5.74) is 0.664. The summed E-state index contributed by atoms with van der Waals surface area (Å²) in [6.07, 6.45) is 2.32. The first-order chi connectivity index (χ1) is 16.2. The van der Waals surface area contributed by atoms with E-state index in [1.54, 1.807) is 20.1 Å². The molecule has 1 aromatic carbocycles. The van der Waals surface area contributed by atoms with E-state index in [1.807, 2.05) is 6.07 Å². The minimum Gasteiger partial charge on any atom is -0.493 e. The minimum atomic E-state index is -0.581. The SMILES string of the molecule is CCOC(=O)c1nc(Nc2ncnc3cc(OCCCN4CCOCC4)c(OC)cc23)n[nH]1. The largest absolute Gasteiger partial charge is 0.493 e. The van der Waals surface area contributed by atoms with Crippen molar-refractivity contribution in [1.29, 1.82) is 0 Å². The fraction of sp³-hybridized carbons (Fsp3) is 0.476. The number of H-pyrrole nitrogens is 1. The third-order valence-corrected chi connectivity index (χ3v) is 5.09. The number of aromatic nitrogens is 5.